The number of phenolic OH excluding ortho intramolecular Hbond substituents is 1. The van der Waals surface area contributed by atoms with E-state index in [1.165, 1.54) is 11.9 Å². The van der Waals surface area contributed by atoms with Gasteiger partial charge < -0.3 is 15.2 Å². The van der Waals surface area contributed by atoms with Gasteiger partial charge >= 0.3 is 0 Å². The quantitative estimate of drug-likeness (QED) is 0.515. The maximum absolute atomic E-state index is 10.4. The van der Waals surface area contributed by atoms with Crippen molar-refractivity contribution >= 4 is 11.9 Å². The normalized spacial score (nSPS) is 16.0. The molecule has 0 spiro atoms. The summed E-state index contributed by atoms with van der Waals surface area (Å²) in [6.45, 7) is 6.52. The van der Waals surface area contributed by atoms with Crippen LogP contribution in [-0.4, -0.2) is 47.6 Å². The van der Waals surface area contributed by atoms with Gasteiger partial charge in [0.1, 0.15) is 5.75 Å². The van der Waals surface area contributed by atoms with Crippen molar-refractivity contribution in [2.75, 3.05) is 31.1 Å². The molecule has 2 aromatic carbocycles. The number of anilines is 1. The van der Waals surface area contributed by atoms with E-state index in [1.54, 1.807) is 0 Å². The third kappa shape index (κ3) is 3.68. The van der Waals surface area contributed by atoms with E-state index in [4.69, 9.17) is 5.21 Å². The van der Waals surface area contributed by atoms with Crippen LogP contribution in [0.5, 0.6) is 5.75 Å². The van der Waals surface area contributed by atoms with Gasteiger partial charge in [-0.2, -0.15) is 0 Å². The third-order valence-corrected chi connectivity index (χ3v) is 4.45. The third-order valence-electron chi connectivity index (χ3n) is 4.45. The van der Waals surface area contributed by atoms with Gasteiger partial charge in [0.25, 0.3) is 0 Å². The molecule has 0 saturated carbocycles. The molecule has 0 aromatic heterocycles. The van der Waals surface area contributed by atoms with Gasteiger partial charge in [0, 0.05) is 49.5 Å². The van der Waals surface area contributed by atoms with Crippen molar-refractivity contribution in [2.24, 2.45) is 5.16 Å². The zero-order chi connectivity index (χ0) is 16.9. The first-order valence-corrected chi connectivity index (χ1v) is 8.19. The molecule has 1 heterocycles. The molecule has 1 saturated heterocycles. The molecule has 0 amide bonds. The highest BCUT2D eigenvalue weighted by molar-refractivity contribution is 5.84. The molecule has 0 radical (unpaired) electrons. The average molecular weight is 325 g/mol. The summed E-state index contributed by atoms with van der Waals surface area (Å²) < 4.78 is 0. The van der Waals surface area contributed by atoms with Crippen molar-refractivity contribution in [3.63, 3.8) is 0 Å². The monoisotopic (exact) mass is 325 g/mol. The lowest BCUT2D eigenvalue weighted by molar-refractivity contribution is 0.246. The van der Waals surface area contributed by atoms with Crippen LogP contribution in [0.15, 0.2) is 47.6 Å². The van der Waals surface area contributed by atoms with Gasteiger partial charge in [-0.05, 0) is 30.7 Å². The van der Waals surface area contributed by atoms with Gasteiger partial charge in [-0.25, -0.2) is 0 Å². The summed E-state index contributed by atoms with van der Waals surface area (Å²) in [5, 5.41) is 22.1. The van der Waals surface area contributed by atoms with Crippen LogP contribution in [0.1, 0.15) is 16.7 Å². The van der Waals surface area contributed by atoms with Crippen LogP contribution in [-0.2, 0) is 6.54 Å². The summed E-state index contributed by atoms with van der Waals surface area (Å²) in [4.78, 5) is 4.73. The zero-order valence-electron chi connectivity index (χ0n) is 13.9. The van der Waals surface area contributed by atoms with Crippen LogP contribution in [0.25, 0.3) is 0 Å². The lowest BCUT2D eigenvalue weighted by Crippen LogP contribution is -2.45. The molecular weight excluding hydrogens is 302 g/mol. The van der Waals surface area contributed by atoms with Crippen molar-refractivity contribution in [2.45, 2.75) is 13.5 Å². The van der Waals surface area contributed by atoms with Gasteiger partial charge in [-0.15, -0.1) is 0 Å². The fourth-order valence-electron chi connectivity index (χ4n) is 3.21. The number of aromatic hydroxyl groups is 1. The number of hydrogen-bond donors (Lipinski definition) is 2. The maximum atomic E-state index is 10.4. The van der Waals surface area contributed by atoms with Gasteiger partial charge in [-0.1, -0.05) is 29.4 Å². The van der Waals surface area contributed by atoms with Crippen LogP contribution in [0, 0.1) is 6.92 Å². The molecule has 5 heteroatoms. The zero-order valence-corrected chi connectivity index (χ0v) is 13.9. The van der Waals surface area contributed by atoms with Crippen LogP contribution < -0.4 is 4.90 Å². The molecule has 5 nitrogen and oxygen atoms in total. The van der Waals surface area contributed by atoms with Gasteiger partial charge in [0.05, 0.1) is 6.21 Å². The summed E-state index contributed by atoms with van der Waals surface area (Å²) in [6.07, 6.45) is 1.28. The number of oxime groups is 1. The number of hydrogen-bond acceptors (Lipinski definition) is 5. The van der Waals surface area contributed by atoms with E-state index in [0.717, 1.165) is 37.3 Å². The number of para-hydroxylation sites is 1. The van der Waals surface area contributed by atoms with Crippen LogP contribution in [0.4, 0.5) is 5.69 Å². The predicted octanol–water partition coefficient (Wildman–Crippen LogP) is 2.83. The number of phenols is 1. The molecule has 2 N–H and O–H groups in total. The highest BCUT2D eigenvalue weighted by Crippen LogP contribution is 2.25. The molecule has 126 valence electrons. The molecule has 2 aromatic rings. The standard InChI is InChI=1S/C19H23N3O2/c1-15-11-16(13-20-24)19(23)17(12-15)14-21-7-9-22(10-8-21)18-5-3-2-4-6-18/h2-6,11-13,23-24H,7-10,14H2,1H3/b20-13+. The number of piperazine rings is 1. The first-order valence-electron chi connectivity index (χ1n) is 8.19. The minimum Gasteiger partial charge on any atom is -0.507 e. The largest absolute Gasteiger partial charge is 0.507 e. The Morgan fingerprint density at radius 3 is 2.46 bits per heavy atom. The van der Waals surface area contributed by atoms with E-state index in [9.17, 15) is 5.11 Å². The molecule has 1 fully saturated rings. The summed E-state index contributed by atoms with van der Waals surface area (Å²) in [6, 6.07) is 14.3. The number of rotatable bonds is 4. The lowest BCUT2D eigenvalue weighted by Gasteiger charge is -2.36. The van der Waals surface area contributed by atoms with Crippen molar-refractivity contribution in [3.05, 3.63) is 59.2 Å². The first-order chi connectivity index (χ1) is 11.7. The smallest absolute Gasteiger partial charge is 0.128 e. The maximum Gasteiger partial charge on any atom is 0.128 e. The molecule has 0 bridgehead atoms. The van der Waals surface area contributed by atoms with E-state index in [0.29, 0.717) is 12.1 Å². The second-order valence-corrected chi connectivity index (χ2v) is 6.21. The fraction of sp³-hybridized carbons (Fsp3) is 0.316. The van der Waals surface area contributed by atoms with Crippen LogP contribution in [0.3, 0.4) is 0 Å². The van der Waals surface area contributed by atoms with Crippen LogP contribution >= 0.6 is 0 Å². The second-order valence-electron chi connectivity index (χ2n) is 6.21. The van der Waals surface area contributed by atoms with Gasteiger partial charge in [0.15, 0.2) is 0 Å². The lowest BCUT2D eigenvalue weighted by atomic mass is 10.0. The predicted molar refractivity (Wildman–Crippen MR) is 96.2 cm³/mol. The van der Waals surface area contributed by atoms with Crippen molar-refractivity contribution < 1.29 is 10.3 Å². The number of aryl methyl sites for hydroxylation is 1. The highest BCUT2D eigenvalue weighted by atomic mass is 16.4. The van der Waals surface area contributed by atoms with E-state index >= 15 is 0 Å². The molecule has 1 aliphatic heterocycles. The Hall–Kier alpha value is -2.53. The summed E-state index contributed by atoms with van der Waals surface area (Å²) >= 11 is 0. The molecular formula is C19H23N3O2. The minimum absolute atomic E-state index is 0.198. The Labute approximate surface area is 142 Å². The first kappa shape index (κ1) is 16.3. The topological polar surface area (TPSA) is 59.3 Å². The van der Waals surface area contributed by atoms with Crippen LogP contribution in [0.2, 0.25) is 0 Å². The van der Waals surface area contributed by atoms with Gasteiger partial charge in [0.2, 0.25) is 0 Å². The van der Waals surface area contributed by atoms with E-state index in [-0.39, 0.29) is 5.75 Å². The molecule has 3 rings (SSSR count). The Balaban J connectivity index is 1.66. The fourth-order valence-corrected chi connectivity index (χ4v) is 3.21. The van der Waals surface area contributed by atoms with Gasteiger partial charge in [-0.3, -0.25) is 4.90 Å². The minimum atomic E-state index is 0.198. The van der Waals surface area contributed by atoms with Crippen molar-refractivity contribution in [1.29, 1.82) is 0 Å². The van der Waals surface area contributed by atoms with E-state index in [2.05, 4.69) is 39.2 Å². The summed E-state index contributed by atoms with van der Waals surface area (Å²) in [7, 11) is 0. The Morgan fingerprint density at radius 2 is 1.79 bits per heavy atom. The molecule has 0 unspecified atom stereocenters. The second kappa shape index (κ2) is 7.36. The number of benzene rings is 2. The van der Waals surface area contributed by atoms with Crippen molar-refractivity contribution in [1.82, 2.24) is 4.90 Å². The highest BCUT2D eigenvalue weighted by Gasteiger charge is 2.19. The molecule has 1 aliphatic rings. The van der Waals surface area contributed by atoms with E-state index < -0.39 is 0 Å². The van der Waals surface area contributed by atoms with Crippen molar-refractivity contribution in [3.8, 4) is 5.75 Å². The molecule has 24 heavy (non-hydrogen) atoms. The summed E-state index contributed by atoms with van der Waals surface area (Å²) in [5.41, 5.74) is 3.73. The average Bonchev–Trinajstić information content (AvgIpc) is 2.60. The molecule has 0 atom stereocenters. The Kier molecular flexibility index (Phi) is 5.01. The Bertz CT molecular complexity index is 708. The SMILES string of the molecule is Cc1cc(/C=N/O)c(O)c(CN2CCN(c3ccccc3)CC2)c1. The summed E-state index contributed by atoms with van der Waals surface area (Å²) in [5.74, 6) is 0.198. The van der Waals surface area contributed by atoms with E-state index in [1.807, 2.05) is 25.1 Å². The Morgan fingerprint density at radius 1 is 1.08 bits per heavy atom. The molecule has 0 aliphatic carbocycles. The number of nitrogens with zero attached hydrogens (tertiary/aromatic N) is 3.